The summed E-state index contributed by atoms with van der Waals surface area (Å²) in [6.45, 7) is 0. The van der Waals surface area contributed by atoms with Gasteiger partial charge in [0.25, 0.3) is 0 Å². The van der Waals surface area contributed by atoms with Gasteiger partial charge in [-0.15, -0.1) is 11.3 Å². The maximum atomic E-state index is 6.24. The fraction of sp³-hybridized carbons (Fsp3) is 0. The summed E-state index contributed by atoms with van der Waals surface area (Å²) in [4.78, 5) is 0. The minimum Gasteiger partial charge on any atom is -0.455 e. The van der Waals surface area contributed by atoms with Crippen LogP contribution in [0.1, 0.15) is 0 Å². The van der Waals surface area contributed by atoms with Crippen molar-refractivity contribution in [2.24, 2.45) is 0 Å². The molecule has 2 heterocycles. The molecule has 0 amide bonds. The zero-order valence-corrected chi connectivity index (χ0v) is 21.8. The molecule has 6 aromatic carbocycles. The molecule has 1 N–H and O–H groups in total. The molecular formula is C36H23NOS. The van der Waals surface area contributed by atoms with E-state index in [-0.39, 0.29) is 0 Å². The van der Waals surface area contributed by atoms with Crippen LogP contribution in [0.4, 0.5) is 11.4 Å². The summed E-state index contributed by atoms with van der Waals surface area (Å²) < 4.78 is 8.91. The lowest BCUT2D eigenvalue weighted by Crippen LogP contribution is -1.90. The van der Waals surface area contributed by atoms with Crippen molar-refractivity contribution in [1.29, 1.82) is 0 Å². The lowest BCUT2D eigenvalue weighted by Gasteiger charge is -2.10. The smallest absolute Gasteiger partial charge is 0.143 e. The summed E-state index contributed by atoms with van der Waals surface area (Å²) in [5.41, 5.74) is 8.72. The Kier molecular flexibility index (Phi) is 5.04. The molecule has 0 aliphatic carbocycles. The lowest BCUT2D eigenvalue weighted by molar-refractivity contribution is 0.670. The van der Waals surface area contributed by atoms with Gasteiger partial charge in [-0.3, -0.25) is 0 Å². The first kappa shape index (κ1) is 22.2. The summed E-state index contributed by atoms with van der Waals surface area (Å²) in [7, 11) is 0. The van der Waals surface area contributed by atoms with Gasteiger partial charge in [0.05, 0.1) is 0 Å². The highest BCUT2D eigenvalue weighted by molar-refractivity contribution is 7.26. The Hall–Kier alpha value is -4.86. The third kappa shape index (κ3) is 3.70. The second-order valence-corrected chi connectivity index (χ2v) is 10.9. The van der Waals surface area contributed by atoms with E-state index in [1.807, 2.05) is 23.5 Å². The number of hydrogen-bond acceptors (Lipinski definition) is 3. The predicted octanol–water partition coefficient (Wildman–Crippen LogP) is 11.0. The summed E-state index contributed by atoms with van der Waals surface area (Å²) in [5, 5.41) is 8.52. The van der Waals surface area contributed by atoms with Gasteiger partial charge in [-0.1, -0.05) is 97.1 Å². The topological polar surface area (TPSA) is 25.2 Å². The van der Waals surface area contributed by atoms with E-state index < -0.39 is 0 Å². The molecule has 0 bridgehead atoms. The lowest BCUT2D eigenvalue weighted by atomic mass is 10.0. The van der Waals surface area contributed by atoms with Gasteiger partial charge in [-0.2, -0.15) is 0 Å². The SMILES string of the molecule is c1ccc2c(c1)oc1c(-c3ccc(Nc4ccc(-c5cccc6c5sc5ccccc56)cc4)cc3)cccc12. The highest BCUT2D eigenvalue weighted by Crippen LogP contribution is 2.40. The number of hydrogen-bond donors (Lipinski definition) is 1. The van der Waals surface area contributed by atoms with Crippen molar-refractivity contribution in [2.45, 2.75) is 0 Å². The molecule has 0 aliphatic heterocycles. The molecule has 0 aliphatic rings. The van der Waals surface area contributed by atoms with Gasteiger partial charge in [0.15, 0.2) is 0 Å². The van der Waals surface area contributed by atoms with Crippen molar-refractivity contribution in [3.05, 3.63) is 133 Å². The van der Waals surface area contributed by atoms with Crippen LogP contribution in [-0.4, -0.2) is 0 Å². The second-order valence-electron chi connectivity index (χ2n) is 9.84. The standard InChI is InChI=1S/C36H23NOS/c1-3-13-33-29(7-1)31-11-5-9-27(35(31)38-33)23-15-19-25(20-16-23)37-26-21-17-24(18-22-26)28-10-6-12-32-30-8-2-4-14-34(30)39-36(28)32/h1-22,37H. The first-order valence-corrected chi connectivity index (χ1v) is 13.9. The zero-order valence-electron chi connectivity index (χ0n) is 21.0. The number of nitrogens with one attached hydrogen (secondary N) is 1. The fourth-order valence-corrected chi connectivity index (χ4v) is 6.82. The average Bonchev–Trinajstić information content (AvgIpc) is 3.57. The third-order valence-electron chi connectivity index (χ3n) is 7.49. The number of benzene rings is 6. The largest absolute Gasteiger partial charge is 0.455 e. The van der Waals surface area contributed by atoms with E-state index in [1.54, 1.807) is 0 Å². The number of rotatable bonds is 4. The summed E-state index contributed by atoms with van der Waals surface area (Å²) >= 11 is 1.87. The van der Waals surface area contributed by atoms with Gasteiger partial charge >= 0.3 is 0 Å². The van der Waals surface area contributed by atoms with Gasteiger partial charge in [0.2, 0.25) is 0 Å². The number of thiophene rings is 1. The van der Waals surface area contributed by atoms with E-state index in [0.29, 0.717) is 0 Å². The van der Waals surface area contributed by atoms with Crippen LogP contribution in [0.5, 0.6) is 0 Å². The third-order valence-corrected chi connectivity index (χ3v) is 8.71. The van der Waals surface area contributed by atoms with Crippen LogP contribution in [0.2, 0.25) is 0 Å². The zero-order chi connectivity index (χ0) is 25.8. The molecule has 0 radical (unpaired) electrons. The van der Waals surface area contributed by atoms with Crippen LogP contribution < -0.4 is 5.32 Å². The van der Waals surface area contributed by atoms with E-state index in [2.05, 4.69) is 127 Å². The molecule has 39 heavy (non-hydrogen) atoms. The highest BCUT2D eigenvalue weighted by Gasteiger charge is 2.12. The van der Waals surface area contributed by atoms with Crippen LogP contribution >= 0.6 is 11.3 Å². The van der Waals surface area contributed by atoms with Crippen molar-refractivity contribution >= 4 is 64.8 Å². The van der Waals surface area contributed by atoms with Gasteiger partial charge in [-0.25, -0.2) is 0 Å². The molecular weight excluding hydrogens is 494 g/mol. The van der Waals surface area contributed by atoms with Gasteiger partial charge < -0.3 is 9.73 Å². The number of para-hydroxylation sites is 2. The van der Waals surface area contributed by atoms with Crippen molar-refractivity contribution in [2.75, 3.05) is 5.32 Å². The van der Waals surface area contributed by atoms with Crippen molar-refractivity contribution in [1.82, 2.24) is 0 Å². The quantitative estimate of drug-likeness (QED) is 0.251. The Balaban J connectivity index is 1.07. The minimum atomic E-state index is 0.922. The summed E-state index contributed by atoms with van der Waals surface area (Å²) in [5.74, 6) is 0. The molecule has 8 aromatic rings. The minimum absolute atomic E-state index is 0.922. The Morgan fingerprint density at radius 3 is 1.82 bits per heavy atom. The van der Waals surface area contributed by atoms with Gasteiger partial charge in [0.1, 0.15) is 11.2 Å². The van der Waals surface area contributed by atoms with Crippen LogP contribution in [0, 0.1) is 0 Å². The molecule has 2 nitrogen and oxygen atoms in total. The molecule has 0 saturated carbocycles. The van der Waals surface area contributed by atoms with E-state index in [1.165, 1.54) is 31.3 Å². The molecule has 3 heteroatoms. The highest BCUT2D eigenvalue weighted by atomic mass is 32.1. The normalized spacial score (nSPS) is 11.6. The number of fused-ring (bicyclic) bond motifs is 6. The fourth-order valence-electron chi connectivity index (χ4n) is 5.58. The van der Waals surface area contributed by atoms with E-state index >= 15 is 0 Å². The van der Waals surface area contributed by atoms with E-state index in [9.17, 15) is 0 Å². The Labute approximate surface area is 229 Å². The molecule has 0 spiro atoms. The van der Waals surface area contributed by atoms with Gasteiger partial charge in [0, 0.05) is 47.9 Å². The molecule has 8 rings (SSSR count). The average molecular weight is 518 g/mol. The van der Waals surface area contributed by atoms with Crippen molar-refractivity contribution < 1.29 is 4.42 Å². The number of anilines is 2. The predicted molar refractivity (Wildman–Crippen MR) is 167 cm³/mol. The van der Waals surface area contributed by atoms with Crippen molar-refractivity contribution in [3.8, 4) is 22.3 Å². The molecule has 0 atom stereocenters. The molecule has 184 valence electrons. The monoisotopic (exact) mass is 517 g/mol. The molecule has 2 aromatic heterocycles. The van der Waals surface area contributed by atoms with Gasteiger partial charge in [-0.05, 0) is 53.1 Å². The first-order valence-electron chi connectivity index (χ1n) is 13.1. The van der Waals surface area contributed by atoms with Crippen LogP contribution in [0.15, 0.2) is 138 Å². The maximum Gasteiger partial charge on any atom is 0.143 e. The summed E-state index contributed by atoms with van der Waals surface area (Å²) in [6.07, 6.45) is 0. The number of furan rings is 1. The van der Waals surface area contributed by atoms with E-state index in [4.69, 9.17) is 4.42 Å². The molecule has 0 unspecified atom stereocenters. The van der Waals surface area contributed by atoms with Crippen LogP contribution in [-0.2, 0) is 0 Å². The molecule has 0 saturated heterocycles. The molecule has 0 fully saturated rings. The van der Waals surface area contributed by atoms with Crippen LogP contribution in [0.25, 0.3) is 64.4 Å². The Morgan fingerprint density at radius 1 is 0.462 bits per heavy atom. The van der Waals surface area contributed by atoms with E-state index in [0.717, 1.165) is 44.4 Å². The first-order chi connectivity index (χ1) is 19.3. The Bertz CT molecular complexity index is 1980. The van der Waals surface area contributed by atoms with Crippen LogP contribution in [0.3, 0.4) is 0 Å². The maximum absolute atomic E-state index is 6.24. The second kappa shape index (κ2) is 8.87. The van der Waals surface area contributed by atoms with Crippen molar-refractivity contribution in [3.63, 3.8) is 0 Å². The Morgan fingerprint density at radius 2 is 1.05 bits per heavy atom. The summed E-state index contributed by atoms with van der Waals surface area (Å²) in [6, 6.07) is 47.1.